The molecule has 0 aromatic heterocycles. The van der Waals surface area contributed by atoms with Gasteiger partial charge in [0.2, 0.25) is 5.91 Å². The molecule has 1 N–H and O–H groups in total. The normalized spacial score (nSPS) is 15.1. The molecule has 1 aliphatic rings. The number of benzene rings is 1. The molecule has 0 unspecified atom stereocenters. The summed E-state index contributed by atoms with van der Waals surface area (Å²) in [4.78, 5) is 16.2. The Hall–Kier alpha value is -1.59. The summed E-state index contributed by atoms with van der Waals surface area (Å²) in [7, 11) is 0. The predicted molar refractivity (Wildman–Crippen MR) is 98.8 cm³/mol. The van der Waals surface area contributed by atoms with Crippen LogP contribution in [0.5, 0.6) is 5.75 Å². The number of amides is 1. The van der Waals surface area contributed by atoms with Crippen LogP contribution < -0.4 is 15.0 Å². The maximum Gasteiger partial charge on any atom is 0.240 e. The van der Waals surface area contributed by atoms with Crippen molar-refractivity contribution in [2.75, 3.05) is 50.8 Å². The van der Waals surface area contributed by atoms with Crippen LogP contribution in [0.15, 0.2) is 24.3 Å². The lowest BCUT2D eigenvalue weighted by Crippen LogP contribution is -2.48. The molecule has 0 radical (unpaired) electrons. The van der Waals surface area contributed by atoms with E-state index in [1.807, 2.05) is 29.2 Å². The van der Waals surface area contributed by atoms with Gasteiger partial charge in [0.05, 0.1) is 13.2 Å². The van der Waals surface area contributed by atoms with Crippen molar-refractivity contribution in [1.29, 1.82) is 0 Å². The topological polar surface area (TPSA) is 44.8 Å². The average Bonchev–Trinajstić information content (AvgIpc) is 2.62. The van der Waals surface area contributed by atoms with E-state index in [1.165, 1.54) is 19.4 Å². The highest BCUT2D eigenvalue weighted by atomic mass is 16.5. The third-order valence-electron chi connectivity index (χ3n) is 4.40. The molecule has 0 aliphatic carbocycles. The van der Waals surface area contributed by atoms with Crippen LogP contribution >= 0.6 is 0 Å². The third kappa shape index (κ3) is 5.80. The molecule has 24 heavy (non-hydrogen) atoms. The number of anilines is 1. The molecule has 0 atom stereocenters. The van der Waals surface area contributed by atoms with Gasteiger partial charge in [0.15, 0.2) is 0 Å². The Balaban J connectivity index is 1.72. The molecule has 2 rings (SSSR count). The molecular formula is C19H31N3O2. The van der Waals surface area contributed by atoms with Crippen molar-refractivity contribution in [3.05, 3.63) is 24.3 Å². The molecule has 1 fully saturated rings. The number of nitrogens with zero attached hydrogens (tertiary/aromatic N) is 2. The summed E-state index contributed by atoms with van der Waals surface area (Å²) in [5, 5.41) is 3.09. The first-order valence-electron chi connectivity index (χ1n) is 9.21. The van der Waals surface area contributed by atoms with Crippen LogP contribution in [0.4, 0.5) is 5.69 Å². The van der Waals surface area contributed by atoms with Gasteiger partial charge < -0.3 is 19.9 Å². The zero-order valence-electron chi connectivity index (χ0n) is 15.1. The predicted octanol–water partition coefficient (Wildman–Crippen LogP) is 2.51. The second-order valence-electron chi connectivity index (χ2n) is 6.21. The number of nitrogens with one attached hydrogen (secondary N) is 1. The van der Waals surface area contributed by atoms with E-state index >= 15 is 0 Å². The van der Waals surface area contributed by atoms with Gasteiger partial charge in [0, 0.05) is 25.3 Å². The molecule has 5 nitrogen and oxygen atoms in total. The SMILES string of the molecule is CCCCN(CC)CCCOc1ccc(N2CCNCC2=O)cc1. The fourth-order valence-corrected chi connectivity index (χ4v) is 2.89. The Bertz CT molecular complexity index is 490. The minimum Gasteiger partial charge on any atom is -0.494 e. The van der Waals surface area contributed by atoms with Crippen molar-refractivity contribution in [1.82, 2.24) is 10.2 Å². The number of hydrogen-bond acceptors (Lipinski definition) is 4. The fraction of sp³-hybridized carbons (Fsp3) is 0.632. The summed E-state index contributed by atoms with van der Waals surface area (Å²) in [6, 6.07) is 7.86. The molecule has 134 valence electrons. The minimum atomic E-state index is 0.127. The molecule has 1 aromatic rings. The maximum atomic E-state index is 11.9. The van der Waals surface area contributed by atoms with Crippen molar-refractivity contribution in [2.45, 2.75) is 33.1 Å². The van der Waals surface area contributed by atoms with Crippen molar-refractivity contribution in [2.24, 2.45) is 0 Å². The molecule has 1 heterocycles. The average molecular weight is 333 g/mol. The molecule has 0 bridgehead atoms. The van der Waals surface area contributed by atoms with Crippen molar-refractivity contribution in [3.8, 4) is 5.75 Å². The van der Waals surface area contributed by atoms with E-state index in [0.29, 0.717) is 6.54 Å². The van der Waals surface area contributed by atoms with E-state index < -0.39 is 0 Å². The standard InChI is InChI=1S/C19H31N3O2/c1-3-5-12-21(4-2)13-6-15-24-18-9-7-17(8-10-18)22-14-11-20-16-19(22)23/h7-10,20H,3-6,11-16H2,1-2H3. The zero-order chi connectivity index (χ0) is 17.2. The van der Waals surface area contributed by atoms with Gasteiger partial charge in [0.1, 0.15) is 5.75 Å². The molecule has 0 saturated carbocycles. The summed E-state index contributed by atoms with van der Waals surface area (Å²) >= 11 is 0. The number of hydrogen-bond donors (Lipinski definition) is 1. The molecule has 5 heteroatoms. The summed E-state index contributed by atoms with van der Waals surface area (Å²) in [6.07, 6.45) is 3.55. The highest BCUT2D eigenvalue weighted by molar-refractivity contribution is 5.95. The Labute approximate surface area is 146 Å². The van der Waals surface area contributed by atoms with Crippen LogP contribution in [0.3, 0.4) is 0 Å². The van der Waals surface area contributed by atoms with E-state index in [0.717, 1.165) is 50.6 Å². The lowest BCUT2D eigenvalue weighted by molar-refractivity contribution is -0.118. The Morgan fingerprint density at radius 2 is 1.92 bits per heavy atom. The van der Waals surface area contributed by atoms with Gasteiger partial charge in [-0.25, -0.2) is 0 Å². The monoisotopic (exact) mass is 333 g/mol. The number of ether oxygens (including phenoxy) is 1. The van der Waals surface area contributed by atoms with E-state index in [2.05, 4.69) is 24.1 Å². The van der Waals surface area contributed by atoms with E-state index in [-0.39, 0.29) is 5.91 Å². The van der Waals surface area contributed by atoms with E-state index in [1.54, 1.807) is 0 Å². The van der Waals surface area contributed by atoms with Gasteiger partial charge in [-0.1, -0.05) is 20.3 Å². The molecular weight excluding hydrogens is 302 g/mol. The first-order chi connectivity index (χ1) is 11.7. The lowest BCUT2D eigenvalue weighted by atomic mass is 10.2. The quantitative estimate of drug-likeness (QED) is 0.668. The van der Waals surface area contributed by atoms with Gasteiger partial charge in [-0.3, -0.25) is 4.79 Å². The number of unbranched alkanes of at least 4 members (excludes halogenated alkanes) is 1. The first kappa shape index (κ1) is 18.7. The van der Waals surface area contributed by atoms with Gasteiger partial charge in [-0.2, -0.15) is 0 Å². The highest BCUT2D eigenvalue weighted by Crippen LogP contribution is 2.20. The largest absolute Gasteiger partial charge is 0.494 e. The van der Waals surface area contributed by atoms with Gasteiger partial charge >= 0.3 is 0 Å². The maximum absolute atomic E-state index is 11.9. The zero-order valence-corrected chi connectivity index (χ0v) is 15.1. The number of carbonyl (C=O) groups excluding carboxylic acids is 1. The van der Waals surface area contributed by atoms with Crippen LogP contribution in [0.2, 0.25) is 0 Å². The lowest BCUT2D eigenvalue weighted by Gasteiger charge is -2.27. The molecule has 0 spiro atoms. The van der Waals surface area contributed by atoms with Crippen molar-refractivity contribution in [3.63, 3.8) is 0 Å². The second kappa shape index (κ2) is 10.3. The molecule has 1 amide bonds. The molecule has 1 aromatic carbocycles. The number of piperazine rings is 1. The van der Waals surface area contributed by atoms with Crippen LogP contribution in [0, 0.1) is 0 Å². The number of rotatable bonds is 10. The smallest absolute Gasteiger partial charge is 0.240 e. The second-order valence-corrected chi connectivity index (χ2v) is 6.21. The molecule has 1 saturated heterocycles. The first-order valence-corrected chi connectivity index (χ1v) is 9.21. The van der Waals surface area contributed by atoms with Crippen LogP contribution in [-0.4, -0.2) is 56.7 Å². The van der Waals surface area contributed by atoms with Gasteiger partial charge in [-0.15, -0.1) is 0 Å². The Kier molecular flexibility index (Phi) is 8.05. The van der Waals surface area contributed by atoms with E-state index in [9.17, 15) is 4.79 Å². The fourth-order valence-electron chi connectivity index (χ4n) is 2.89. The van der Waals surface area contributed by atoms with Crippen molar-refractivity contribution < 1.29 is 9.53 Å². The van der Waals surface area contributed by atoms with Gasteiger partial charge in [-0.05, 0) is 50.2 Å². The Morgan fingerprint density at radius 3 is 2.58 bits per heavy atom. The van der Waals surface area contributed by atoms with Crippen LogP contribution in [-0.2, 0) is 4.79 Å². The van der Waals surface area contributed by atoms with Crippen LogP contribution in [0.1, 0.15) is 33.1 Å². The summed E-state index contributed by atoms with van der Waals surface area (Å²) < 4.78 is 5.83. The number of carbonyl (C=O) groups is 1. The summed E-state index contributed by atoms with van der Waals surface area (Å²) in [5.41, 5.74) is 0.950. The van der Waals surface area contributed by atoms with Crippen molar-refractivity contribution >= 4 is 11.6 Å². The highest BCUT2D eigenvalue weighted by Gasteiger charge is 2.18. The summed E-state index contributed by atoms with van der Waals surface area (Å²) in [6.45, 7) is 10.5. The van der Waals surface area contributed by atoms with Crippen LogP contribution in [0.25, 0.3) is 0 Å². The summed E-state index contributed by atoms with van der Waals surface area (Å²) in [5.74, 6) is 1.000. The Morgan fingerprint density at radius 1 is 1.17 bits per heavy atom. The third-order valence-corrected chi connectivity index (χ3v) is 4.40. The van der Waals surface area contributed by atoms with E-state index in [4.69, 9.17) is 4.74 Å². The minimum absolute atomic E-state index is 0.127. The van der Waals surface area contributed by atoms with Gasteiger partial charge in [0.25, 0.3) is 0 Å². The molecule has 1 aliphatic heterocycles.